The first-order valence-corrected chi connectivity index (χ1v) is 6.63. The van der Waals surface area contributed by atoms with Crippen LogP contribution in [-0.2, 0) is 0 Å². The van der Waals surface area contributed by atoms with Crippen LogP contribution in [0.25, 0.3) is 0 Å². The lowest BCUT2D eigenvalue weighted by atomic mass is 9.92. The lowest BCUT2D eigenvalue weighted by molar-refractivity contribution is 0.139. The Balaban J connectivity index is 2.17. The summed E-state index contributed by atoms with van der Waals surface area (Å²) in [5.74, 6) is 1.82. The molecule has 1 saturated heterocycles. The number of piperidine rings is 1. The van der Waals surface area contributed by atoms with Gasteiger partial charge in [-0.1, -0.05) is 29.8 Å². The van der Waals surface area contributed by atoms with Crippen molar-refractivity contribution in [1.82, 2.24) is 4.90 Å². The van der Waals surface area contributed by atoms with E-state index < -0.39 is 0 Å². The van der Waals surface area contributed by atoms with E-state index in [4.69, 9.17) is 0 Å². The molecular formula is C11H22BrN. The largest absolute Gasteiger partial charge is 0.303 e. The molecule has 0 N–H and O–H groups in total. The number of rotatable bonds is 4. The fourth-order valence-corrected chi connectivity index (χ4v) is 2.80. The zero-order chi connectivity index (χ0) is 9.68. The minimum Gasteiger partial charge on any atom is -0.303 e. The zero-order valence-corrected chi connectivity index (χ0v) is 10.5. The average molecular weight is 248 g/mol. The van der Waals surface area contributed by atoms with Gasteiger partial charge in [0.1, 0.15) is 0 Å². The molecule has 0 aliphatic carbocycles. The molecule has 0 aromatic heterocycles. The van der Waals surface area contributed by atoms with Gasteiger partial charge in [0.25, 0.3) is 0 Å². The van der Waals surface area contributed by atoms with E-state index in [0.29, 0.717) is 0 Å². The maximum Gasteiger partial charge on any atom is 0.00317 e. The summed E-state index contributed by atoms with van der Waals surface area (Å²) in [6.07, 6.45) is 4.10. The van der Waals surface area contributed by atoms with Gasteiger partial charge >= 0.3 is 0 Å². The Labute approximate surface area is 91.0 Å². The van der Waals surface area contributed by atoms with Crippen molar-refractivity contribution in [3.63, 3.8) is 0 Å². The van der Waals surface area contributed by atoms with E-state index >= 15 is 0 Å². The summed E-state index contributed by atoms with van der Waals surface area (Å²) in [5, 5.41) is 1.16. The second-order valence-corrected chi connectivity index (χ2v) is 5.39. The highest BCUT2D eigenvalue weighted by atomic mass is 79.9. The molecule has 0 aromatic carbocycles. The van der Waals surface area contributed by atoms with Gasteiger partial charge < -0.3 is 4.90 Å². The Bertz CT molecular complexity index is 128. The summed E-state index contributed by atoms with van der Waals surface area (Å²) in [6, 6.07) is 0. The van der Waals surface area contributed by atoms with E-state index in [1.54, 1.807) is 0 Å². The van der Waals surface area contributed by atoms with Crippen molar-refractivity contribution < 1.29 is 0 Å². The quantitative estimate of drug-likeness (QED) is 0.545. The van der Waals surface area contributed by atoms with Crippen LogP contribution < -0.4 is 0 Å². The Morgan fingerprint density at radius 1 is 1.15 bits per heavy atom. The Hall–Kier alpha value is 0.440. The van der Waals surface area contributed by atoms with Crippen LogP contribution >= 0.6 is 15.9 Å². The van der Waals surface area contributed by atoms with Gasteiger partial charge in [0, 0.05) is 18.4 Å². The van der Waals surface area contributed by atoms with E-state index in [-0.39, 0.29) is 0 Å². The molecule has 0 spiro atoms. The van der Waals surface area contributed by atoms with Crippen LogP contribution in [0.3, 0.4) is 0 Å². The monoisotopic (exact) mass is 247 g/mol. The lowest BCUT2D eigenvalue weighted by Gasteiger charge is -2.34. The molecule has 1 heterocycles. The van der Waals surface area contributed by atoms with Crippen LogP contribution in [-0.4, -0.2) is 29.9 Å². The number of unbranched alkanes of at least 4 members (excludes halogenated alkanes) is 1. The minimum absolute atomic E-state index is 0.910. The molecule has 1 aliphatic rings. The van der Waals surface area contributed by atoms with Crippen LogP contribution in [0, 0.1) is 11.8 Å². The maximum absolute atomic E-state index is 3.48. The van der Waals surface area contributed by atoms with Gasteiger partial charge in [0.05, 0.1) is 0 Å². The summed E-state index contributed by atoms with van der Waals surface area (Å²) in [7, 11) is 0. The molecule has 2 atom stereocenters. The predicted octanol–water partition coefficient (Wildman–Crippen LogP) is 3.14. The van der Waals surface area contributed by atoms with Crippen molar-refractivity contribution in [2.45, 2.75) is 33.1 Å². The summed E-state index contributed by atoms with van der Waals surface area (Å²) in [5.41, 5.74) is 0. The van der Waals surface area contributed by atoms with Crippen LogP contribution in [0.5, 0.6) is 0 Å². The number of likely N-dealkylation sites (tertiary alicyclic amines) is 1. The van der Waals surface area contributed by atoms with E-state index in [0.717, 1.165) is 17.2 Å². The van der Waals surface area contributed by atoms with Crippen molar-refractivity contribution in [2.75, 3.05) is 25.0 Å². The first-order valence-electron chi connectivity index (χ1n) is 5.50. The topological polar surface area (TPSA) is 3.24 Å². The third kappa shape index (κ3) is 4.46. The van der Waals surface area contributed by atoms with Crippen LogP contribution in [0.1, 0.15) is 33.1 Å². The molecule has 2 unspecified atom stereocenters. The molecule has 78 valence electrons. The molecule has 1 fully saturated rings. The van der Waals surface area contributed by atoms with Gasteiger partial charge in [-0.3, -0.25) is 0 Å². The van der Waals surface area contributed by atoms with Crippen molar-refractivity contribution in [3.8, 4) is 0 Å². The van der Waals surface area contributed by atoms with Gasteiger partial charge in [-0.05, 0) is 37.6 Å². The minimum atomic E-state index is 0.910. The average Bonchev–Trinajstić information content (AvgIpc) is 2.03. The molecule has 0 saturated carbocycles. The molecular weight excluding hydrogens is 226 g/mol. The fraction of sp³-hybridized carbons (Fsp3) is 1.00. The highest BCUT2D eigenvalue weighted by Crippen LogP contribution is 2.20. The van der Waals surface area contributed by atoms with E-state index in [1.807, 2.05) is 0 Å². The van der Waals surface area contributed by atoms with E-state index in [2.05, 4.69) is 34.7 Å². The van der Waals surface area contributed by atoms with Gasteiger partial charge in [-0.2, -0.15) is 0 Å². The number of hydrogen-bond donors (Lipinski definition) is 0. The zero-order valence-electron chi connectivity index (χ0n) is 8.93. The molecule has 1 rings (SSSR count). The molecule has 1 nitrogen and oxygen atoms in total. The molecule has 13 heavy (non-hydrogen) atoms. The third-order valence-corrected chi connectivity index (χ3v) is 3.36. The Kier molecular flexibility index (Phi) is 5.34. The highest BCUT2D eigenvalue weighted by molar-refractivity contribution is 9.09. The number of hydrogen-bond acceptors (Lipinski definition) is 1. The lowest BCUT2D eigenvalue weighted by Crippen LogP contribution is -2.39. The standard InChI is InChI=1S/C11H22BrN/c1-10-7-11(2)9-13(8-10)6-4-3-5-12/h10-11H,3-9H2,1-2H3. The molecule has 0 bridgehead atoms. The summed E-state index contributed by atoms with van der Waals surface area (Å²) < 4.78 is 0. The highest BCUT2D eigenvalue weighted by Gasteiger charge is 2.20. The van der Waals surface area contributed by atoms with E-state index in [9.17, 15) is 0 Å². The summed E-state index contributed by atoms with van der Waals surface area (Å²) >= 11 is 3.48. The summed E-state index contributed by atoms with van der Waals surface area (Å²) in [4.78, 5) is 2.64. The second kappa shape index (κ2) is 6.02. The van der Waals surface area contributed by atoms with Crippen molar-refractivity contribution in [3.05, 3.63) is 0 Å². The number of alkyl halides is 1. The maximum atomic E-state index is 3.48. The van der Waals surface area contributed by atoms with E-state index in [1.165, 1.54) is 38.9 Å². The smallest absolute Gasteiger partial charge is 0.00317 e. The predicted molar refractivity (Wildman–Crippen MR) is 62.4 cm³/mol. The first kappa shape index (κ1) is 11.5. The number of halogens is 1. The van der Waals surface area contributed by atoms with Crippen LogP contribution in [0.15, 0.2) is 0 Å². The van der Waals surface area contributed by atoms with Crippen LogP contribution in [0.4, 0.5) is 0 Å². The SMILES string of the molecule is CC1CC(C)CN(CCCCBr)C1. The van der Waals surface area contributed by atoms with Crippen LogP contribution in [0.2, 0.25) is 0 Å². The molecule has 0 aromatic rings. The van der Waals surface area contributed by atoms with Gasteiger partial charge in [0.2, 0.25) is 0 Å². The number of nitrogens with zero attached hydrogens (tertiary/aromatic N) is 1. The molecule has 1 aliphatic heterocycles. The van der Waals surface area contributed by atoms with Crippen molar-refractivity contribution in [2.24, 2.45) is 11.8 Å². The summed E-state index contributed by atoms with van der Waals surface area (Å²) in [6.45, 7) is 8.72. The first-order chi connectivity index (χ1) is 6.22. The second-order valence-electron chi connectivity index (χ2n) is 4.60. The van der Waals surface area contributed by atoms with Crippen molar-refractivity contribution >= 4 is 15.9 Å². The third-order valence-electron chi connectivity index (χ3n) is 2.80. The molecule has 0 amide bonds. The Morgan fingerprint density at radius 2 is 1.77 bits per heavy atom. The molecule has 0 radical (unpaired) electrons. The Morgan fingerprint density at radius 3 is 2.31 bits per heavy atom. The van der Waals surface area contributed by atoms with Gasteiger partial charge in [-0.15, -0.1) is 0 Å². The normalized spacial score (nSPS) is 30.7. The van der Waals surface area contributed by atoms with Crippen molar-refractivity contribution in [1.29, 1.82) is 0 Å². The molecule has 2 heteroatoms. The van der Waals surface area contributed by atoms with Gasteiger partial charge in [0.15, 0.2) is 0 Å². The van der Waals surface area contributed by atoms with Gasteiger partial charge in [-0.25, -0.2) is 0 Å². The fourth-order valence-electron chi connectivity index (χ4n) is 2.40.